The van der Waals surface area contributed by atoms with Gasteiger partial charge in [-0.2, -0.15) is 4.89 Å². The van der Waals surface area contributed by atoms with E-state index in [4.69, 9.17) is 9.78 Å². The highest BCUT2D eigenvalue weighted by molar-refractivity contribution is 5.89. The molecule has 0 unspecified atom stereocenters. The Kier molecular flexibility index (Phi) is 5.55. The van der Waals surface area contributed by atoms with E-state index in [1.165, 1.54) is 0 Å². The standard InChI is InChI=1S/C16H24O3/c1-12(2)9-10-16(4,5)19-18-15(17)14-8-6-7-13(3)11-14/h6-8,11-12H,9-10H2,1-5H3. The largest absolute Gasteiger partial charge is 0.373 e. The van der Waals surface area contributed by atoms with Crippen molar-refractivity contribution < 1.29 is 14.6 Å². The zero-order valence-corrected chi connectivity index (χ0v) is 12.5. The van der Waals surface area contributed by atoms with Gasteiger partial charge in [-0.05, 0) is 51.7 Å². The lowest BCUT2D eigenvalue weighted by Crippen LogP contribution is -2.26. The molecule has 1 aromatic rings. The lowest BCUT2D eigenvalue weighted by molar-refractivity contribution is -0.308. The molecule has 0 N–H and O–H groups in total. The van der Waals surface area contributed by atoms with Crippen LogP contribution in [0.3, 0.4) is 0 Å². The van der Waals surface area contributed by atoms with Crippen LogP contribution in [0.5, 0.6) is 0 Å². The zero-order chi connectivity index (χ0) is 14.5. The Morgan fingerprint density at radius 2 is 2.00 bits per heavy atom. The number of hydrogen-bond donors (Lipinski definition) is 0. The minimum atomic E-state index is -0.455. The number of benzene rings is 1. The number of hydrogen-bond acceptors (Lipinski definition) is 3. The van der Waals surface area contributed by atoms with E-state index >= 15 is 0 Å². The molecule has 0 amide bonds. The van der Waals surface area contributed by atoms with E-state index in [0.29, 0.717) is 11.5 Å². The topological polar surface area (TPSA) is 35.5 Å². The monoisotopic (exact) mass is 264 g/mol. The average Bonchev–Trinajstić information content (AvgIpc) is 2.34. The first-order valence-corrected chi connectivity index (χ1v) is 6.77. The maximum absolute atomic E-state index is 11.8. The fourth-order valence-corrected chi connectivity index (χ4v) is 1.65. The van der Waals surface area contributed by atoms with E-state index in [0.717, 1.165) is 18.4 Å². The molecule has 3 nitrogen and oxygen atoms in total. The van der Waals surface area contributed by atoms with Gasteiger partial charge in [-0.25, -0.2) is 4.79 Å². The molecule has 1 rings (SSSR count). The van der Waals surface area contributed by atoms with Gasteiger partial charge in [0.25, 0.3) is 0 Å². The minimum Gasteiger partial charge on any atom is -0.292 e. The van der Waals surface area contributed by atoms with Gasteiger partial charge < -0.3 is 0 Å². The molecule has 0 saturated heterocycles. The molecule has 0 aliphatic carbocycles. The molecule has 0 heterocycles. The molecule has 0 atom stereocenters. The first-order valence-electron chi connectivity index (χ1n) is 6.77. The van der Waals surface area contributed by atoms with Crippen LogP contribution in [0.15, 0.2) is 24.3 Å². The molecule has 0 aliphatic heterocycles. The van der Waals surface area contributed by atoms with Crippen molar-refractivity contribution in [3.05, 3.63) is 35.4 Å². The summed E-state index contributed by atoms with van der Waals surface area (Å²) < 4.78 is 0. The fraction of sp³-hybridized carbons (Fsp3) is 0.562. The Hall–Kier alpha value is -1.35. The number of rotatable bonds is 6. The SMILES string of the molecule is Cc1cccc(C(=O)OOC(C)(C)CCC(C)C)c1. The van der Waals surface area contributed by atoms with Gasteiger partial charge in [0, 0.05) is 0 Å². The van der Waals surface area contributed by atoms with Crippen LogP contribution < -0.4 is 0 Å². The first kappa shape index (κ1) is 15.7. The van der Waals surface area contributed by atoms with Crippen LogP contribution in [0.25, 0.3) is 0 Å². The molecule has 0 saturated carbocycles. The average molecular weight is 264 g/mol. The third-order valence-electron chi connectivity index (χ3n) is 2.92. The molecule has 0 bridgehead atoms. The third kappa shape index (κ3) is 5.88. The van der Waals surface area contributed by atoms with Gasteiger partial charge in [0.05, 0.1) is 5.56 Å². The van der Waals surface area contributed by atoms with E-state index in [1.807, 2.05) is 32.9 Å². The molecule has 106 valence electrons. The molecule has 3 heteroatoms. The highest BCUT2D eigenvalue weighted by Gasteiger charge is 2.23. The van der Waals surface area contributed by atoms with Crippen molar-refractivity contribution in [3.63, 3.8) is 0 Å². The van der Waals surface area contributed by atoms with E-state index in [-0.39, 0.29) is 0 Å². The van der Waals surface area contributed by atoms with Crippen LogP contribution in [0.1, 0.15) is 56.5 Å². The van der Waals surface area contributed by atoms with Crippen LogP contribution in [0.2, 0.25) is 0 Å². The summed E-state index contributed by atoms with van der Waals surface area (Å²) in [6, 6.07) is 7.27. The molecule has 1 aromatic carbocycles. The molecule has 0 radical (unpaired) electrons. The minimum absolute atomic E-state index is 0.443. The van der Waals surface area contributed by atoms with E-state index in [1.54, 1.807) is 12.1 Å². The van der Waals surface area contributed by atoms with Gasteiger partial charge >= 0.3 is 5.97 Å². The molecular weight excluding hydrogens is 240 g/mol. The number of carbonyl (C=O) groups excluding carboxylic acids is 1. The van der Waals surface area contributed by atoms with Gasteiger partial charge in [0.2, 0.25) is 0 Å². The summed E-state index contributed by atoms with van der Waals surface area (Å²) in [4.78, 5) is 22.1. The lowest BCUT2D eigenvalue weighted by Gasteiger charge is -2.23. The Balaban J connectivity index is 2.49. The summed E-state index contributed by atoms with van der Waals surface area (Å²) in [5.74, 6) is 0.164. The zero-order valence-electron chi connectivity index (χ0n) is 12.5. The Morgan fingerprint density at radius 1 is 1.32 bits per heavy atom. The summed E-state index contributed by atoms with van der Waals surface area (Å²) >= 11 is 0. The predicted octanol–water partition coefficient (Wildman–Crippen LogP) is 4.30. The van der Waals surface area contributed by atoms with Crippen LogP contribution >= 0.6 is 0 Å². The highest BCUT2D eigenvalue weighted by Crippen LogP contribution is 2.21. The summed E-state index contributed by atoms with van der Waals surface area (Å²) in [7, 11) is 0. The highest BCUT2D eigenvalue weighted by atomic mass is 17.2. The molecule has 0 aliphatic rings. The number of aryl methyl sites for hydroxylation is 1. The van der Waals surface area contributed by atoms with Crippen molar-refractivity contribution in [1.29, 1.82) is 0 Å². The molecule has 19 heavy (non-hydrogen) atoms. The maximum Gasteiger partial charge on any atom is 0.373 e. The fourth-order valence-electron chi connectivity index (χ4n) is 1.65. The van der Waals surface area contributed by atoms with Gasteiger partial charge in [-0.3, -0.25) is 4.89 Å². The molecular formula is C16H24O3. The normalized spacial score (nSPS) is 11.7. The van der Waals surface area contributed by atoms with Crippen molar-refractivity contribution in [2.45, 2.75) is 53.1 Å². The quantitative estimate of drug-likeness (QED) is 0.567. The van der Waals surface area contributed by atoms with Gasteiger partial charge in [0.15, 0.2) is 0 Å². The van der Waals surface area contributed by atoms with Gasteiger partial charge in [-0.15, -0.1) is 0 Å². The Bertz CT molecular complexity index is 422. The second-order valence-corrected chi connectivity index (χ2v) is 6.02. The molecule has 0 fully saturated rings. The Labute approximate surface area is 115 Å². The van der Waals surface area contributed by atoms with Crippen molar-refractivity contribution >= 4 is 5.97 Å². The van der Waals surface area contributed by atoms with Gasteiger partial charge in [0.1, 0.15) is 5.60 Å². The van der Waals surface area contributed by atoms with E-state index < -0.39 is 11.6 Å². The van der Waals surface area contributed by atoms with Gasteiger partial charge in [-0.1, -0.05) is 31.5 Å². The van der Waals surface area contributed by atoms with E-state index in [2.05, 4.69) is 13.8 Å². The van der Waals surface area contributed by atoms with Crippen LogP contribution in [0.4, 0.5) is 0 Å². The number of carbonyl (C=O) groups is 1. The second-order valence-electron chi connectivity index (χ2n) is 6.02. The maximum atomic E-state index is 11.8. The van der Waals surface area contributed by atoms with E-state index in [9.17, 15) is 4.79 Å². The summed E-state index contributed by atoms with van der Waals surface area (Å²) in [6.07, 6.45) is 1.89. The Morgan fingerprint density at radius 3 is 2.58 bits per heavy atom. The van der Waals surface area contributed by atoms with Crippen molar-refractivity contribution in [2.75, 3.05) is 0 Å². The lowest BCUT2D eigenvalue weighted by atomic mass is 9.97. The predicted molar refractivity (Wildman–Crippen MR) is 75.8 cm³/mol. The summed E-state index contributed by atoms with van der Waals surface area (Å²) in [5, 5.41) is 0. The molecule has 0 spiro atoms. The van der Waals surface area contributed by atoms with Crippen molar-refractivity contribution in [2.24, 2.45) is 5.92 Å². The van der Waals surface area contributed by atoms with Crippen molar-refractivity contribution in [1.82, 2.24) is 0 Å². The van der Waals surface area contributed by atoms with Crippen LogP contribution in [0, 0.1) is 12.8 Å². The third-order valence-corrected chi connectivity index (χ3v) is 2.92. The summed E-state index contributed by atoms with van der Waals surface area (Å²) in [6.45, 7) is 10.1. The summed E-state index contributed by atoms with van der Waals surface area (Å²) in [5.41, 5.74) is 1.08. The second kappa shape index (κ2) is 6.71. The van der Waals surface area contributed by atoms with Crippen molar-refractivity contribution in [3.8, 4) is 0 Å². The van der Waals surface area contributed by atoms with Crippen LogP contribution in [-0.2, 0) is 9.78 Å². The molecule has 0 aromatic heterocycles. The first-order chi connectivity index (χ1) is 8.80. The van der Waals surface area contributed by atoms with Crippen LogP contribution in [-0.4, -0.2) is 11.6 Å². The smallest absolute Gasteiger partial charge is 0.292 e.